The molecule has 0 bridgehead atoms. The van der Waals surface area contributed by atoms with Crippen molar-refractivity contribution >= 4 is 27.6 Å². The number of hydrogen-bond acceptors (Lipinski definition) is 4. The third-order valence-electron chi connectivity index (χ3n) is 3.74. The molecule has 2 aromatic rings. The van der Waals surface area contributed by atoms with Crippen LogP contribution in [0, 0.1) is 5.82 Å². The van der Waals surface area contributed by atoms with Gasteiger partial charge in [-0.2, -0.15) is 0 Å². The second-order valence-corrected chi connectivity index (χ2v) is 6.46. The molecule has 0 aromatic heterocycles. The summed E-state index contributed by atoms with van der Waals surface area (Å²) in [6, 6.07) is 9.29. The minimum Gasteiger partial charge on any atom is -0.489 e. The van der Waals surface area contributed by atoms with E-state index in [1.807, 2.05) is 0 Å². The molecule has 0 saturated carbocycles. The lowest BCUT2D eigenvalue weighted by atomic mass is 10.2. The molecule has 138 valence electrons. The molecule has 0 spiro atoms. The van der Waals surface area contributed by atoms with Crippen LogP contribution in [0.5, 0.6) is 17.2 Å². The molecule has 0 aliphatic carbocycles. The van der Waals surface area contributed by atoms with Gasteiger partial charge in [0, 0.05) is 23.7 Å². The number of fused-ring (bicyclic) bond motifs is 1. The van der Waals surface area contributed by atoms with Gasteiger partial charge in [0.15, 0.2) is 23.1 Å². The van der Waals surface area contributed by atoms with Crippen LogP contribution in [0.3, 0.4) is 0 Å². The fraction of sp³-hybridized carbons (Fsp3) is 0.278. The number of nitrogens with one attached hydrogen (secondary N) is 1. The van der Waals surface area contributed by atoms with Crippen molar-refractivity contribution in [3.05, 3.63) is 46.7 Å². The zero-order chi connectivity index (χ0) is 18.5. The van der Waals surface area contributed by atoms with Gasteiger partial charge in [-0.15, -0.1) is 0 Å². The van der Waals surface area contributed by atoms with E-state index in [0.717, 1.165) is 0 Å². The highest BCUT2D eigenvalue weighted by Gasteiger charge is 2.17. The average Bonchev–Trinajstić information content (AvgIpc) is 2.63. The first-order chi connectivity index (χ1) is 12.5. The smallest absolute Gasteiger partial charge is 0.321 e. The molecular formula is C18H18BrFN2O4. The monoisotopic (exact) mass is 424 g/mol. The Bertz CT molecular complexity index is 803. The van der Waals surface area contributed by atoms with Crippen molar-refractivity contribution in [1.29, 1.82) is 0 Å². The summed E-state index contributed by atoms with van der Waals surface area (Å²) in [5.41, 5.74) is 0.570. The van der Waals surface area contributed by atoms with E-state index in [0.29, 0.717) is 41.4 Å². The van der Waals surface area contributed by atoms with Gasteiger partial charge in [-0.1, -0.05) is 12.1 Å². The van der Waals surface area contributed by atoms with Crippen molar-refractivity contribution in [3.8, 4) is 17.2 Å². The summed E-state index contributed by atoms with van der Waals surface area (Å²) in [4.78, 5) is 13.8. The number of ether oxygens (including phenoxy) is 3. The number of likely N-dealkylation sites (N-methyl/N-ethyl adjacent to an activating group) is 1. The number of carbonyl (C=O) groups is 1. The molecule has 0 radical (unpaired) electrons. The fourth-order valence-electron chi connectivity index (χ4n) is 2.33. The van der Waals surface area contributed by atoms with Crippen LogP contribution in [0.4, 0.5) is 14.9 Å². The van der Waals surface area contributed by atoms with Crippen molar-refractivity contribution in [2.45, 2.75) is 0 Å². The van der Waals surface area contributed by atoms with E-state index >= 15 is 0 Å². The van der Waals surface area contributed by atoms with Crippen LogP contribution in [-0.2, 0) is 0 Å². The lowest BCUT2D eigenvalue weighted by molar-refractivity contribution is 0.171. The van der Waals surface area contributed by atoms with E-state index in [1.165, 1.54) is 11.0 Å². The molecule has 2 aromatic carbocycles. The van der Waals surface area contributed by atoms with Crippen molar-refractivity contribution in [1.82, 2.24) is 4.90 Å². The highest BCUT2D eigenvalue weighted by Crippen LogP contribution is 2.38. The van der Waals surface area contributed by atoms with Crippen molar-refractivity contribution in [2.75, 3.05) is 38.7 Å². The maximum absolute atomic E-state index is 13.5. The summed E-state index contributed by atoms with van der Waals surface area (Å²) >= 11 is 3.41. The molecule has 2 amide bonds. The number of benzene rings is 2. The SMILES string of the molecule is CN(CCOc1ccccc1F)C(=O)Nc1cc2c(cc1Br)OCCO2. The van der Waals surface area contributed by atoms with Crippen LogP contribution < -0.4 is 19.5 Å². The first-order valence-corrected chi connectivity index (χ1v) is 8.82. The number of halogens is 2. The standard InChI is InChI=1S/C18H18BrFN2O4/c1-22(6-7-24-15-5-3-2-4-13(15)20)18(23)21-14-11-17-16(10-12(14)19)25-8-9-26-17/h2-5,10-11H,6-9H2,1H3,(H,21,23). The molecule has 26 heavy (non-hydrogen) atoms. The number of nitrogens with zero attached hydrogens (tertiary/aromatic N) is 1. The summed E-state index contributed by atoms with van der Waals surface area (Å²) in [7, 11) is 1.63. The van der Waals surface area contributed by atoms with Crippen molar-refractivity contribution in [2.24, 2.45) is 0 Å². The average molecular weight is 425 g/mol. The minimum absolute atomic E-state index is 0.163. The molecule has 1 heterocycles. The van der Waals surface area contributed by atoms with Crippen LogP contribution in [-0.4, -0.2) is 44.3 Å². The Kier molecular flexibility index (Phi) is 5.82. The fourth-order valence-corrected chi connectivity index (χ4v) is 2.75. The van der Waals surface area contributed by atoms with Gasteiger partial charge in [-0.3, -0.25) is 0 Å². The Balaban J connectivity index is 1.55. The van der Waals surface area contributed by atoms with Crippen molar-refractivity contribution < 1.29 is 23.4 Å². The van der Waals surface area contributed by atoms with E-state index in [4.69, 9.17) is 14.2 Å². The number of hydrogen-bond donors (Lipinski definition) is 1. The largest absolute Gasteiger partial charge is 0.489 e. The van der Waals surface area contributed by atoms with Gasteiger partial charge in [0.25, 0.3) is 0 Å². The molecule has 0 fully saturated rings. The Morgan fingerprint density at radius 2 is 1.96 bits per heavy atom. The Morgan fingerprint density at radius 1 is 1.27 bits per heavy atom. The second kappa shape index (κ2) is 8.27. The second-order valence-electron chi connectivity index (χ2n) is 5.61. The van der Waals surface area contributed by atoms with Crippen LogP contribution >= 0.6 is 15.9 Å². The topological polar surface area (TPSA) is 60.0 Å². The minimum atomic E-state index is -0.431. The van der Waals surface area contributed by atoms with E-state index in [1.54, 1.807) is 37.4 Å². The Labute approximate surface area is 159 Å². The molecule has 1 N–H and O–H groups in total. The lowest BCUT2D eigenvalue weighted by Gasteiger charge is -2.22. The van der Waals surface area contributed by atoms with Gasteiger partial charge in [-0.05, 0) is 28.1 Å². The first kappa shape index (κ1) is 18.3. The molecule has 1 aliphatic rings. The number of urea groups is 1. The molecule has 6 nitrogen and oxygen atoms in total. The van der Waals surface area contributed by atoms with Gasteiger partial charge >= 0.3 is 6.03 Å². The predicted molar refractivity (Wildman–Crippen MR) is 98.7 cm³/mol. The summed E-state index contributed by atoms with van der Waals surface area (Å²) in [5.74, 6) is 0.948. The first-order valence-electron chi connectivity index (χ1n) is 8.03. The van der Waals surface area contributed by atoms with Crippen LogP contribution in [0.25, 0.3) is 0 Å². The summed E-state index contributed by atoms with van der Waals surface area (Å²) in [5, 5.41) is 2.80. The molecule has 0 unspecified atom stereocenters. The Morgan fingerprint density at radius 3 is 2.69 bits per heavy atom. The molecule has 1 aliphatic heterocycles. The molecule has 3 rings (SSSR count). The number of amides is 2. The van der Waals surface area contributed by atoms with E-state index < -0.39 is 5.82 Å². The third-order valence-corrected chi connectivity index (χ3v) is 4.40. The lowest BCUT2D eigenvalue weighted by Crippen LogP contribution is -2.34. The van der Waals surface area contributed by atoms with Crippen molar-refractivity contribution in [3.63, 3.8) is 0 Å². The van der Waals surface area contributed by atoms with Crippen LogP contribution in [0.2, 0.25) is 0 Å². The predicted octanol–water partition coefficient (Wildman–Crippen LogP) is 3.90. The normalized spacial score (nSPS) is 12.4. The zero-order valence-electron chi connectivity index (χ0n) is 14.1. The zero-order valence-corrected chi connectivity index (χ0v) is 15.7. The highest BCUT2D eigenvalue weighted by atomic mass is 79.9. The summed E-state index contributed by atoms with van der Waals surface area (Å²) in [6.07, 6.45) is 0. The van der Waals surface area contributed by atoms with E-state index in [2.05, 4.69) is 21.2 Å². The molecule has 8 heteroatoms. The van der Waals surface area contributed by atoms with Crippen LogP contribution in [0.15, 0.2) is 40.9 Å². The van der Waals surface area contributed by atoms with Gasteiger partial charge in [0.05, 0.1) is 12.2 Å². The Hall–Kier alpha value is -2.48. The number of anilines is 1. The summed E-state index contributed by atoms with van der Waals surface area (Å²) < 4.78 is 30.6. The van der Waals surface area contributed by atoms with E-state index in [-0.39, 0.29) is 18.4 Å². The maximum atomic E-state index is 13.5. The van der Waals surface area contributed by atoms with Gasteiger partial charge < -0.3 is 24.4 Å². The molecule has 0 saturated heterocycles. The maximum Gasteiger partial charge on any atom is 0.321 e. The van der Waals surface area contributed by atoms with E-state index in [9.17, 15) is 9.18 Å². The van der Waals surface area contributed by atoms with Gasteiger partial charge in [0.2, 0.25) is 0 Å². The number of carbonyl (C=O) groups excluding carboxylic acids is 1. The summed E-state index contributed by atoms with van der Waals surface area (Å²) in [6.45, 7) is 1.43. The van der Waals surface area contributed by atoms with Crippen LogP contribution in [0.1, 0.15) is 0 Å². The molecule has 0 atom stereocenters. The number of para-hydroxylation sites is 1. The highest BCUT2D eigenvalue weighted by molar-refractivity contribution is 9.10. The van der Waals surface area contributed by atoms with Gasteiger partial charge in [-0.25, -0.2) is 9.18 Å². The van der Waals surface area contributed by atoms with Gasteiger partial charge in [0.1, 0.15) is 19.8 Å². The molecular weight excluding hydrogens is 407 g/mol. The third kappa shape index (κ3) is 4.37. The quantitative estimate of drug-likeness (QED) is 0.790. The number of rotatable bonds is 5.